The van der Waals surface area contributed by atoms with Gasteiger partial charge in [0.15, 0.2) is 0 Å². The summed E-state index contributed by atoms with van der Waals surface area (Å²) in [4.78, 5) is 0.311. The molecule has 1 heterocycles. The molecule has 0 fully saturated rings. The molecule has 98 valence electrons. The molecular weight excluding hydrogens is 327 g/mol. The molecule has 0 unspecified atom stereocenters. The molecule has 2 aromatic rings. The Labute approximate surface area is 124 Å². The van der Waals surface area contributed by atoms with Crippen LogP contribution >= 0.6 is 34.5 Å². The number of nitrogens with one attached hydrogen (secondary N) is 1. The molecule has 0 atom stereocenters. The van der Waals surface area contributed by atoms with Crippen LogP contribution in [0.3, 0.4) is 0 Å². The van der Waals surface area contributed by atoms with Crippen LogP contribution in [-0.2, 0) is 10.0 Å². The molecule has 4 nitrogen and oxygen atoms in total. The Morgan fingerprint density at radius 2 is 1.79 bits per heavy atom. The molecule has 1 N–H and O–H groups in total. The molecule has 0 amide bonds. The van der Waals surface area contributed by atoms with Gasteiger partial charge < -0.3 is 0 Å². The Hall–Kier alpha value is -1.26. The molecule has 8 heteroatoms. The van der Waals surface area contributed by atoms with Gasteiger partial charge in [0, 0.05) is 0 Å². The number of hydrogen-bond donors (Lipinski definition) is 1. The minimum atomic E-state index is -3.80. The molecule has 1 aromatic carbocycles. The summed E-state index contributed by atoms with van der Waals surface area (Å²) < 4.78 is 26.6. The smallest absolute Gasteiger partial charge is 0.271 e. The second kappa shape index (κ2) is 5.39. The third kappa shape index (κ3) is 3.01. The van der Waals surface area contributed by atoms with Gasteiger partial charge in [0.1, 0.15) is 15.2 Å². The van der Waals surface area contributed by atoms with Crippen LogP contribution in [-0.4, -0.2) is 8.42 Å². The fraction of sp³-hybridized carbons (Fsp3) is 0. The molecule has 0 radical (unpaired) electrons. The van der Waals surface area contributed by atoms with Gasteiger partial charge in [0.05, 0.1) is 15.7 Å². The van der Waals surface area contributed by atoms with Gasteiger partial charge in [-0.05, 0) is 24.3 Å². The number of para-hydroxylation sites is 1. The molecule has 0 saturated carbocycles. The van der Waals surface area contributed by atoms with E-state index >= 15 is 0 Å². The van der Waals surface area contributed by atoms with Crippen LogP contribution in [0.25, 0.3) is 0 Å². The molecule has 2 rings (SSSR count). The second-order valence-corrected chi connectivity index (χ2v) is 7.24. The van der Waals surface area contributed by atoms with Crippen LogP contribution in [0.4, 0.5) is 5.69 Å². The number of nitrogens with zero attached hydrogens (tertiary/aromatic N) is 1. The van der Waals surface area contributed by atoms with E-state index in [9.17, 15) is 8.42 Å². The lowest BCUT2D eigenvalue weighted by Gasteiger charge is -2.09. The molecule has 0 spiro atoms. The van der Waals surface area contributed by atoms with E-state index in [1.807, 2.05) is 6.07 Å². The van der Waals surface area contributed by atoms with Crippen LogP contribution < -0.4 is 4.72 Å². The van der Waals surface area contributed by atoms with E-state index in [1.165, 1.54) is 24.3 Å². The summed E-state index contributed by atoms with van der Waals surface area (Å²) in [6, 6.07) is 9.34. The molecular formula is C11H6Cl2N2O2S2. The largest absolute Gasteiger partial charge is 0.276 e. The van der Waals surface area contributed by atoms with Gasteiger partial charge in [-0.1, -0.05) is 29.3 Å². The molecule has 19 heavy (non-hydrogen) atoms. The highest BCUT2D eigenvalue weighted by atomic mass is 35.5. The number of anilines is 1. The molecule has 0 aliphatic rings. The second-order valence-electron chi connectivity index (χ2n) is 3.43. The Morgan fingerprint density at radius 3 is 2.32 bits per heavy atom. The van der Waals surface area contributed by atoms with Crippen molar-refractivity contribution >= 4 is 50.2 Å². The first-order chi connectivity index (χ1) is 8.94. The normalized spacial score (nSPS) is 11.0. The van der Waals surface area contributed by atoms with Crippen molar-refractivity contribution in [1.82, 2.24) is 0 Å². The third-order valence-electron chi connectivity index (χ3n) is 2.16. The number of thiophene rings is 1. The number of halogens is 2. The predicted octanol–water partition coefficient (Wildman–Crippen LogP) is 3.73. The third-order valence-corrected chi connectivity index (χ3v) is 5.62. The maximum absolute atomic E-state index is 12.1. The van der Waals surface area contributed by atoms with Gasteiger partial charge in [-0.15, -0.1) is 11.3 Å². The highest BCUT2D eigenvalue weighted by Gasteiger charge is 2.19. The van der Waals surface area contributed by atoms with E-state index in [0.717, 1.165) is 11.3 Å². The van der Waals surface area contributed by atoms with Crippen molar-refractivity contribution in [3.8, 4) is 6.07 Å². The fourth-order valence-corrected chi connectivity index (χ4v) is 4.11. The zero-order valence-corrected chi connectivity index (χ0v) is 12.4. The lowest BCUT2D eigenvalue weighted by molar-refractivity contribution is 0.603. The first kappa shape index (κ1) is 14.2. The quantitative estimate of drug-likeness (QED) is 0.930. The van der Waals surface area contributed by atoms with Crippen molar-refractivity contribution in [2.75, 3.05) is 4.72 Å². The van der Waals surface area contributed by atoms with Crippen molar-refractivity contribution < 1.29 is 8.42 Å². The van der Waals surface area contributed by atoms with Crippen LogP contribution in [0, 0.1) is 11.3 Å². The Balaban J connectivity index is 2.40. The topological polar surface area (TPSA) is 70.0 Å². The van der Waals surface area contributed by atoms with Crippen LogP contribution in [0.1, 0.15) is 4.88 Å². The maximum Gasteiger partial charge on any atom is 0.271 e. The SMILES string of the molecule is N#Cc1ccc(S(=O)(=O)Nc2c(Cl)cccc2Cl)s1. The Kier molecular flexibility index (Phi) is 4.02. The average molecular weight is 333 g/mol. The van der Waals surface area contributed by atoms with Gasteiger partial charge >= 0.3 is 0 Å². The highest BCUT2D eigenvalue weighted by molar-refractivity contribution is 7.94. The van der Waals surface area contributed by atoms with E-state index in [4.69, 9.17) is 28.5 Å². The summed E-state index contributed by atoms with van der Waals surface area (Å²) in [5.74, 6) is 0. The van der Waals surface area contributed by atoms with E-state index in [1.54, 1.807) is 6.07 Å². The van der Waals surface area contributed by atoms with Gasteiger partial charge in [-0.3, -0.25) is 4.72 Å². The predicted molar refractivity (Wildman–Crippen MR) is 76.3 cm³/mol. The first-order valence-electron chi connectivity index (χ1n) is 4.91. The van der Waals surface area contributed by atoms with Gasteiger partial charge in [-0.2, -0.15) is 5.26 Å². The van der Waals surface area contributed by atoms with Crippen LogP contribution in [0.2, 0.25) is 10.0 Å². The van der Waals surface area contributed by atoms with Crippen LogP contribution in [0.5, 0.6) is 0 Å². The summed E-state index contributed by atoms with van der Waals surface area (Å²) in [5, 5.41) is 9.10. The standard InChI is InChI=1S/C11H6Cl2N2O2S2/c12-8-2-1-3-9(13)11(8)15-19(16,17)10-5-4-7(6-14)18-10/h1-5,15H. The monoisotopic (exact) mass is 332 g/mol. The fourth-order valence-electron chi connectivity index (χ4n) is 1.30. The molecule has 0 saturated heterocycles. The Morgan fingerprint density at radius 1 is 1.16 bits per heavy atom. The first-order valence-corrected chi connectivity index (χ1v) is 7.96. The average Bonchev–Trinajstić information content (AvgIpc) is 2.83. The van der Waals surface area contributed by atoms with Crippen molar-refractivity contribution in [3.63, 3.8) is 0 Å². The number of rotatable bonds is 3. The number of benzene rings is 1. The summed E-state index contributed by atoms with van der Waals surface area (Å²) in [5.41, 5.74) is 0.123. The van der Waals surface area contributed by atoms with Crippen molar-refractivity contribution in [2.24, 2.45) is 0 Å². The zero-order valence-electron chi connectivity index (χ0n) is 9.22. The summed E-state index contributed by atoms with van der Waals surface area (Å²) in [6.07, 6.45) is 0. The van der Waals surface area contributed by atoms with Crippen molar-refractivity contribution in [1.29, 1.82) is 5.26 Å². The van der Waals surface area contributed by atoms with Crippen molar-refractivity contribution in [3.05, 3.63) is 45.3 Å². The van der Waals surface area contributed by atoms with Gasteiger partial charge in [0.2, 0.25) is 0 Å². The van der Waals surface area contributed by atoms with Gasteiger partial charge in [0.25, 0.3) is 10.0 Å². The van der Waals surface area contributed by atoms with E-state index in [0.29, 0.717) is 4.88 Å². The lowest BCUT2D eigenvalue weighted by Crippen LogP contribution is -2.12. The minimum absolute atomic E-state index is 0.0278. The molecule has 0 bridgehead atoms. The Bertz CT molecular complexity index is 743. The summed E-state index contributed by atoms with van der Waals surface area (Å²) in [7, 11) is -3.80. The number of hydrogen-bond acceptors (Lipinski definition) is 4. The lowest BCUT2D eigenvalue weighted by atomic mass is 10.3. The summed E-state index contributed by atoms with van der Waals surface area (Å²) >= 11 is 12.7. The van der Waals surface area contributed by atoms with Gasteiger partial charge in [-0.25, -0.2) is 8.42 Å². The highest BCUT2D eigenvalue weighted by Crippen LogP contribution is 2.32. The minimum Gasteiger partial charge on any atom is -0.276 e. The van der Waals surface area contributed by atoms with E-state index in [2.05, 4.69) is 4.72 Å². The number of sulfonamides is 1. The van der Waals surface area contributed by atoms with Crippen LogP contribution in [0.15, 0.2) is 34.5 Å². The summed E-state index contributed by atoms with van der Waals surface area (Å²) in [6.45, 7) is 0. The zero-order chi connectivity index (χ0) is 14.0. The molecule has 1 aromatic heterocycles. The van der Waals surface area contributed by atoms with E-state index in [-0.39, 0.29) is 19.9 Å². The van der Waals surface area contributed by atoms with E-state index < -0.39 is 10.0 Å². The molecule has 0 aliphatic heterocycles. The van der Waals surface area contributed by atoms with Crippen molar-refractivity contribution in [2.45, 2.75) is 4.21 Å². The maximum atomic E-state index is 12.1. The molecule has 0 aliphatic carbocycles. The number of nitriles is 1.